The molecule has 15 rings (SSSR count). The van der Waals surface area contributed by atoms with Crippen LogP contribution in [-0.4, -0.2) is 231 Å². The molecule has 7 unspecified atom stereocenters. The van der Waals surface area contributed by atoms with Crippen molar-refractivity contribution in [3.8, 4) is 0 Å². The topological polar surface area (TPSA) is 586 Å². The van der Waals surface area contributed by atoms with E-state index in [1.54, 1.807) is 40.5 Å². The third-order valence-electron chi connectivity index (χ3n) is 18.2. The fourth-order valence-corrected chi connectivity index (χ4v) is 15.6. The van der Waals surface area contributed by atoms with Gasteiger partial charge in [0.05, 0.1) is 38.8 Å². The predicted molar refractivity (Wildman–Crippen MR) is 397 cm³/mol. The summed E-state index contributed by atoms with van der Waals surface area (Å²) in [5, 5.41) is 33.5. The summed E-state index contributed by atoms with van der Waals surface area (Å²) in [5.41, 5.74) is 10.1. The van der Waals surface area contributed by atoms with Gasteiger partial charge in [-0.3, -0.25) is 39.2 Å². The number of urea groups is 3. The van der Waals surface area contributed by atoms with Crippen molar-refractivity contribution in [2.75, 3.05) is 80.4 Å². The number of benzene rings is 3. The Morgan fingerprint density at radius 1 is 0.483 bits per heavy atom. The van der Waals surface area contributed by atoms with E-state index in [9.17, 15) is 52.3 Å². The molecular formula is C69H79N19O25P3-3. The number of anilines is 3. The molecule has 6 saturated heterocycles. The fourth-order valence-electron chi connectivity index (χ4n) is 13.2. The lowest BCUT2D eigenvalue weighted by molar-refractivity contribution is -0.205. The number of nitrogens with one attached hydrogen (secondary N) is 6. The number of aliphatic carboxylic acids is 2. The molecule has 10 N–H and O–H groups in total. The summed E-state index contributed by atoms with van der Waals surface area (Å²) in [4.78, 5) is 133. The molecule has 0 aliphatic carbocycles. The number of amides is 6. The molecule has 9 aromatic rings. The smallest absolute Gasteiger partial charge is 0.320 e. The molecule has 47 heteroatoms. The van der Waals surface area contributed by atoms with E-state index in [1.165, 1.54) is 38.0 Å². The van der Waals surface area contributed by atoms with E-state index in [1.807, 2.05) is 97.1 Å². The highest BCUT2D eigenvalue weighted by Crippen LogP contribution is 2.49. The molecule has 6 aromatic heterocycles. The monoisotopic (exact) mass is 1670 g/mol. The minimum absolute atomic E-state index is 0.0515. The normalized spacial score (nSPS) is 26.0. The van der Waals surface area contributed by atoms with Crippen molar-refractivity contribution >= 4 is 110 Å². The summed E-state index contributed by atoms with van der Waals surface area (Å²) in [5.74, 6) is -2.47. The van der Waals surface area contributed by atoms with Crippen LogP contribution >= 0.6 is 22.8 Å². The second-order valence-corrected chi connectivity index (χ2v) is 31.7. The minimum atomic E-state index is -4.68. The van der Waals surface area contributed by atoms with Gasteiger partial charge in [0.1, 0.15) is 109 Å². The van der Waals surface area contributed by atoms with E-state index < -0.39 is 171 Å². The number of ether oxygens (including phenoxy) is 9. The second kappa shape index (κ2) is 37.4. The Morgan fingerprint density at radius 2 is 0.853 bits per heavy atom. The van der Waals surface area contributed by atoms with Crippen LogP contribution in [0.4, 0.5) is 31.8 Å². The highest BCUT2D eigenvalue weighted by molar-refractivity contribution is 7.52. The molecule has 12 heterocycles. The first-order chi connectivity index (χ1) is 55.9. The number of carboxylic acid groups (broad SMARTS) is 2. The third kappa shape index (κ3) is 20.3. The largest absolute Gasteiger partial charge is 0.778 e. The Balaban J connectivity index is 0.000000151. The van der Waals surface area contributed by atoms with Gasteiger partial charge in [-0.05, 0) is 38.0 Å². The Morgan fingerprint density at radius 3 is 1.28 bits per heavy atom. The number of carbonyl (C=O) groups excluding carboxylic acids is 3. The molecule has 0 radical (unpaired) electrons. The number of imidazole rings is 3. The Kier molecular flexibility index (Phi) is 27.0. The number of hydrogen-bond acceptors (Lipinski definition) is 33. The maximum Gasteiger partial charge on any atom is 0.320 e. The zero-order chi connectivity index (χ0) is 81.8. The number of carbonyl (C=O) groups is 5. The molecule has 18 atom stereocenters. The van der Waals surface area contributed by atoms with E-state index in [-0.39, 0.29) is 36.8 Å². The molecule has 6 aliphatic rings. The van der Waals surface area contributed by atoms with Crippen LogP contribution in [0.25, 0.3) is 39.6 Å². The quantitative estimate of drug-likeness (QED) is 0.0304. The molecule has 618 valence electrons. The predicted octanol–water partition coefficient (Wildman–Crippen LogP) is 3.09. The average Bonchev–Trinajstić information content (AvgIpc) is 1.60. The summed E-state index contributed by atoms with van der Waals surface area (Å²) in [6.07, 6.45) is -1.91. The van der Waals surface area contributed by atoms with Crippen LogP contribution in [0.2, 0.25) is 0 Å². The van der Waals surface area contributed by atoms with Gasteiger partial charge in [-0.15, -0.1) is 0 Å². The van der Waals surface area contributed by atoms with Crippen molar-refractivity contribution < 1.29 is 119 Å². The van der Waals surface area contributed by atoms with Gasteiger partial charge >= 0.3 is 30.0 Å². The van der Waals surface area contributed by atoms with E-state index in [4.69, 9.17) is 72.1 Å². The standard InChI is InChI=1S/C24H27N6O9P.C23H27N6O9P.C22H28N7O7P/c1-2-25-24(33)29-21-18-22(27-12-26-21)30(13-28-18)23-20-19(15(37-23)10-36-40(34,35)11-16(31)32)38-17(39-20)9-8-14-6-4-3-5-7-14;1-2-24-23(32)28-20-17-21(26-11-25-20)29(12-27-17)22-19-18(14(36-22)9-35-39(33,34)10-15(30)31)37-16(38-19)8-13-6-4-3-5-7-13;1-2-24-22(30)28-18-15-19(26-11-25-18)29(12-27-15)20-17-16(14(34-20)10-33-37(31,32)9-8-23)35-21(36-17)13-6-4-3-5-7-13/h3-9,12-13,15,17,19-20,23H,2,10-11H2,1H3,(H,31,32)(H,34,35)(H2,25,26,27,29,33);3-7,11-12,14,16,18-19,22H,2,8-10H2,1H3,(H,30,31)(H,33,34)(H2,24,25,26,28,32);3-7,11-12,14,16-17,20-21H,2,8-10,23H2,1H3,(H,31,32)(H2,24,25,26,28,30)/p-3/b9-8+;;/t15-,17+,19?,20+,23-;14-,16?,18?,19+,22-;14-,16?,17+,20-,21+/m111/s1. The van der Waals surface area contributed by atoms with Crippen LogP contribution in [0.1, 0.15) is 62.4 Å². The van der Waals surface area contributed by atoms with Crippen LogP contribution in [-0.2, 0) is 85.9 Å². The summed E-state index contributed by atoms with van der Waals surface area (Å²) in [6.45, 7) is 5.34. The number of hydrogen-bond donors (Lipinski definition) is 9. The van der Waals surface area contributed by atoms with Gasteiger partial charge in [-0.25, -0.2) is 59.2 Å². The Hall–Kier alpha value is -10.2. The van der Waals surface area contributed by atoms with Crippen molar-refractivity contribution in [1.29, 1.82) is 0 Å². The summed E-state index contributed by atoms with van der Waals surface area (Å²) in [6, 6.07) is 27.1. The van der Waals surface area contributed by atoms with E-state index >= 15 is 0 Å². The maximum atomic E-state index is 12.1. The van der Waals surface area contributed by atoms with Crippen LogP contribution in [0.5, 0.6) is 0 Å². The molecule has 6 fully saturated rings. The highest BCUT2D eigenvalue weighted by Gasteiger charge is 2.57. The molecule has 0 bridgehead atoms. The molecule has 3 aromatic carbocycles. The Bertz CT molecular complexity index is 5120. The fraction of sp³-hybridized carbons (Fsp3) is 0.420. The van der Waals surface area contributed by atoms with Gasteiger partial charge < -0.3 is 116 Å². The van der Waals surface area contributed by atoms with E-state index in [0.29, 0.717) is 59.5 Å². The second-order valence-electron chi connectivity index (χ2n) is 26.2. The number of nitrogens with two attached hydrogens (primary N) is 1. The number of nitrogens with zero attached hydrogens (tertiary/aromatic N) is 12. The molecule has 116 heavy (non-hydrogen) atoms. The summed E-state index contributed by atoms with van der Waals surface area (Å²) >= 11 is 0. The lowest BCUT2D eigenvalue weighted by Crippen LogP contribution is -2.32. The molecule has 6 aliphatic heterocycles. The molecule has 0 spiro atoms. The number of fused-ring (bicyclic) bond motifs is 6. The maximum absolute atomic E-state index is 12.1. The van der Waals surface area contributed by atoms with Crippen LogP contribution in [0, 0.1) is 0 Å². The first kappa shape index (κ1) is 83.8. The molecule has 44 nitrogen and oxygen atoms in total. The first-order valence-corrected chi connectivity index (χ1v) is 41.4. The summed E-state index contributed by atoms with van der Waals surface area (Å²) in [7, 11) is -13.5. The minimum Gasteiger partial charge on any atom is -0.778 e. The van der Waals surface area contributed by atoms with Gasteiger partial charge in [-0.2, -0.15) is 0 Å². The number of carboxylic acids is 2. The van der Waals surface area contributed by atoms with Gasteiger partial charge in [-0.1, -0.05) is 97.1 Å². The zero-order valence-corrected chi connectivity index (χ0v) is 64.5. The lowest BCUT2D eigenvalue weighted by Gasteiger charge is -2.26. The van der Waals surface area contributed by atoms with Gasteiger partial charge in [0.25, 0.3) is 0 Å². The number of rotatable bonds is 29. The van der Waals surface area contributed by atoms with E-state index in [2.05, 4.69) is 76.8 Å². The molecule has 0 saturated carbocycles. The van der Waals surface area contributed by atoms with Crippen molar-refractivity contribution in [3.05, 3.63) is 152 Å². The summed E-state index contributed by atoms with van der Waals surface area (Å²) < 4.78 is 112. The Labute approximate surface area is 658 Å². The van der Waals surface area contributed by atoms with Crippen molar-refractivity contribution in [3.63, 3.8) is 0 Å². The van der Waals surface area contributed by atoms with Gasteiger partial charge in [0, 0.05) is 44.3 Å². The van der Waals surface area contributed by atoms with Crippen molar-refractivity contribution in [2.24, 2.45) is 5.73 Å². The van der Waals surface area contributed by atoms with Gasteiger partial charge in [0.2, 0.25) is 0 Å². The van der Waals surface area contributed by atoms with Gasteiger partial charge in [0.15, 0.2) is 88.5 Å². The van der Waals surface area contributed by atoms with Crippen LogP contribution in [0.15, 0.2) is 135 Å². The van der Waals surface area contributed by atoms with E-state index in [0.717, 1.165) is 16.7 Å². The number of aromatic nitrogens is 12. The SMILES string of the molecule is CCNC(=O)Nc1ncnc2c1ncn2[C@@H]1O[C@H](COP(=O)([O-])CC(=O)O)C2OC(Cc3ccccc3)O[C@@H]21.CCNC(=O)Nc1ncnc2c1ncn2[C@@H]1O[C@H](COP(=O)([O-])CC(=O)O)C2O[C@H](/C=C/c3ccccc3)O[C@@H]21.CCNC(=O)Nc1ncnc2c1ncn2[C@@H]1O[C@H](COP(=O)([O-])CCN)C2O[C@H](c3ccccc3)O[C@@H]21. The third-order valence-corrected chi connectivity index (χ3v) is 21.9. The van der Waals surface area contributed by atoms with Crippen molar-refractivity contribution in [2.45, 2.75) is 120 Å². The van der Waals surface area contributed by atoms with Crippen LogP contribution in [0.3, 0.4) is 0 Å². The lowest BCUT2D eigenvalue weighted by atomic mass is 10.1. The molecular weight excluding hydrogens is 1590 g/mol. The zero-order valence-electron chi connectivity index (χ0n) is 61.8. The highest BCUT2D eigenvalue weighted by atomic mass is 31.2. The van der Waals surface area contributed by atoms with Crippen LogP contribution < -0.4 is 52.3 Å². The molecule has 6 amide bonds. The first-order valence-electron chi connectivity index (χ1n) is 36.2. The van der Waals surface area contributed by atoms with Crippen molar-refractivity contribution in [1.82, 2.24) is 74.5 Å². The average molecular weight is 1670 g/mol.